The molecule has 2 heterocycles. The summed E-state index contributed by atoms with van der Waals surface area (Å²) in [4.78, 5) is 4.81. The molecule has 2 nitrogen and oxygen atoms in total. The average Bonchev–Trinajstić information content (AvgIpc) is 3.11. The molecule has 0 saturated carbocycles. The molecule has 0 fully saturated rings. The molecular weight excluding hydrogens is 439 g/mol. The minimum atomic E-state index is -2.08. The van der Waals surface area contributed by atoms with E-state index in [9.17, 15) is 0 Å². The third-order valence-electron chi connectivity index (χ3n) is 6.07. The molecule has 2 aromatic heterocycles. The van der Waals surface area contributed by atoms with Gasteiger partial charge in [0.15, 0.2) is 0 Å². The maximum absolute atomic E-state index is 6.61. The SMILES string of the molecule is CC(C)Cc1cc(-c2nccc3c2oc2[c]([Ge]([CH3])([CH3])[CH3])cccc23)cc2ccccc12. The summed E-state index contributed by atoms with van der Waals surface area (Å²) in [6.07, 6.45) is 2.97. The average molecular weight is 468 g/mol. The Morgan fingerprint density at radius 1 is 0.839 bits per heavy atom. The van der Waals surface area contributed by atoms with Crippen LogP contribution in [0, 0.1) is 5.92 Å². The molecule has 0 radical (unpaired) electrons. The molecule has 3 aromatic carbocycles. The van der Waals surface area contributed by atoms with Gasteiger partial charge < -0.3 is 0 Å². The quantitative estimate of drug-likeness (QED) is 0.255. The first-order valence-corrected chi connectivity index (χ1v) is 18.5. The molecule has 0 aliphatic rings. The van der Waals surface area contributed by atoms with Crippen molar-refractivity contribution in [3.8, 4) is 11.3 Å². The topological polar surface area (TPSA) is 26.0 Å². The van der Waals surface area contributed by atoms with Gasteiger partial charge >= 0.3 is 187 Å². The summed E-state index contributed by atoms with van der Waals surface area (Å²) < 4.78 is 8.03. The van der Waals surface area contributed by atoms with Crippen LogP contribution in [-0.4, -0.2) is 18.3 Å². The fourth-order valence-corrected chi connectivity index (χ4v) is 7.73. The van der Waals surface area contributed by atoms with Crippen molar-refractivity contribution in [3.63, 3.8) is 0 Å². The van der Waals surface area contributed by atoms with Crippen LogP contribution in [-0.2, 0) is 6.42 Å². The third-order valence-corrected chi connectivity index (χ3v) is 10.3. The van der Waals surface area contributed by atoms with Crippen LogP contribution in [0.1, 0.15) is 19.4 Å². The van der Waals surface area contributed by atoms with Gasteiger partial charge in [0.2, 0.25) is 0 Å². The Bertz CT molecular complexity index is 1420. The Morgan fingerprint density at radius 2 is 1.58 bits per heavy atom. The molecule has 0 bridgehead atoms. The van der Waals surface area contributed by atoms with Crippen molar-refractivity contribution in [1.82, 2.24) is 4.98 Å². The zero-order valence-electron chi connectivity index (χ0n) is 19.0. The predicted molar refractivity (Wildman–Crippen MR) is 136 cm³/mol. The first-order chi connectivity index (χ1) is 14.8. The Labute approximate surface area is 186 Å². The van der Waals surface area contributed by atoms with Crippen molar-refractivity contribution in [2.24, 2.45) is 5.92 Å². The zero-order chi connectivity index (χ0) is 21.8. The van der Waals surface area contributed by atoms with Gasteiger partial charge in [-0.3, -0.25) is 0 Å². The summed E-state index contributed by atoms with van der Waals surface area (Å²) in [5, 5.41) is 4.96. The molecule has 0 atom stereocenters. The van der Waals surface area contributed by atoms with Gasteiger partial charge in [-0.1, -0.05) is 0 Å². The van der Waals surface area contributed by atoms with Crippen molar-refractivity contribution in [2.75, 3.05) is 0 Å². The molecule has 0 aliphatic heterocycles. The molecule has 3 heteroatoms. The summed E-state index contributed by atoms with van der Waals surface area (Å²) in [5.74, 6) is 7.85. The fourth-order valence-electron chi connectivity index (χ4n) is 4.66. The number of furan rings is 1. The number of fused-ring (bicyclic) bond motifs is 4. The van der Waals surface area contributed by atoms with E-state index in [1.165, 1.54) is 26.1 Å². The van der Waals surface area contributed by atoms with Gasteiger partial charge in [-0.2, -0.15) is 0 Å². The van der Waals surface area contributed by atoms with E-state index in [4.69, 9.17) is 9.40 Å². The van der Waals surface area contributed by atoms with Crippen molar-refractivity contribution in [1.29, 1.82) is 0 Å². The van der Waals surface area contributed by atoms with E-state index in [2.05, 4.69) is 91.8 Å². The summed E-state index contributed by atoms with van der Waals surface area (Å²) >= 11 is -2.08. The van der Waals surface area contributed by atoms with Crippen LogP contribution in [0.2, 0.25) is 17.3 Å². The number of rotatable bonds is 4. The molecule has 0 saturated heterocycles. The van der Waals surface area contributed by atoms with Gasteiger partial charge in [0.1, 0.15) is 0 Å². The number of aromatic nitrogens is 1. The van der Waals surface area contributed by atoms with Gasteiger partial charge in [0, 0.05) is 0 Å². The van der Waals surface area contributed by atoms with Gasteiger partial charge in [0.05, 0.1) is 0 Å². The Morgan fingerprint density at radius 3 is 2.35 bits per heavy atom. The number of hydrogen-bond donors (Lipinski definition) is 0. The van der Waals surface area contributed by atoms with Crippen molar-refractivity contribution in [2.45, 2.75) is 37.5 Å². The summed E-state index contributed by atoms with van der Waals surface area (Å²) in [6.45, 7) is 4.55. The molecule has 0 spiro atoms. The van der Waals surface area contributed by atoms with Crippen LogP contribution in [0.3, 0.4) is 0 Å². The molecular formula is C28H29GeNO. The standard InChI is InChI=1S/C28H29GeNO/c1-18(2)15-20-17-21(16-19-9-6-7-10-22(19)20)26-28-24(13-14-30-26)23-11-8-12-25(27(23)31-28)29(3,4)5/h6-14,16-18H,15H2,1-5H3. The zero-order valence-corrected chi connectivity index (χ0v) is 21.1. The third kappa shape index (κ3) is 3.57. The van der Waals surface area contributed by atoms with Crippen LogP contribution >= 0.6 is 0 Å². The molecule has 156 valence electrons. The maximum atomic E-state index is 6.61. The Hall–Kier alpha value is -2.59. The fraction of sp³-hybridized carbons (Fsp3) is 0.250. The van der Waals surface area contributed by atoms with E-state index >= 15 is 0 Å². The van der Waals surface area contributed by atoms with Crippen LogP contribution < -0.4 is 4.40 Å². The first-order valence-electron chi connectivity index (χ1n) is 11.2. The summed E-state index contributed by atoms with van der Waals surface area (Å²) in [5.41, 5.74) is 5.42. The van der Waals surface area contributed by atoms with E-state index in [1.54, 1.807) is 0 Å². The van der Waals surface area contributed by atoms with Gasteiger partial charge in [-0.15, -0.1) is 0 Å². The molecule has 0 N–H and O–H groups in total. The van der Waals surface area contributed by atoms with Crippen LogP contribution in [0.15, 0.2) is 71.3 Å². The number of benzene rings is 3. The van der Waals surface area contributed by atoms with Crippen LogP contribution in [0.5, 0.6) is 0 Å². The van der Waals surface area contributed by atoms with Gasteiger partial charge in [-0.05, 0) is 0 Å². The van der Waals surface area contributed by atoms with E-state index in [0.29, 0.717) is 5.92 Å². The molecule has 0 amide bonds. The Balaban J connectivity index is 1.81. The Kier molecular flexibility index (Phi) is 4.93. The van der Waals surface area contributed by atoms with Gasteiger partial charge in [-0.25, -0.2) is 0 Å². The molecule has 0 unspecified atom stereocenters. The van der Waals surface area contributed by atoms with Crippen LogP contribution in [0.25, 0.3) is 44.0 Å². The number of hydrogen-bond acceptors (Lipinski definition) is 2. The predicted octanol–water partition coefficient (Wildman–Crippen LogP) is 7.54. The van der Waals surface area contributed by atoms with E-state index in [-0.39, 0.29) is 0 Å². The molecule has 0 aliphatic carbocycles. The van der Waals surface area contributed by atoms with E-state index < -0.39 is 13.3 Å². The van der Waals surface area contributed by atoms with Crippen LogP contribution in [0.4, 0.5) is 0 Å². The normalized spacial score (nSPS) is 12.5. The van der Waals surface area contributed by atoms with Crippen molar-refractivity contribution < 1.29 is 4.42 Å². The minimum absolute atomic E-state index is 0.592. The molecule has 5 aromatic rings. The second-order valence-electron chi connectivity index (χ2n) is 10.0. The number of para-hydroxylation sites is 1. The van der Waals surface area contributed by atoms with Crippen molar-refractivity contribution >= 4 is 50.4 Å². The number of nitrogens with zero attached hydrogens (tertiary/aromatic N) is 1. The monoisotopic (exact) mass is 469 g/mol. The van der Waals surface area contributed by atoms with Gasteiger partial charge in [0.25, 0.3) is 0 Å². The second kappa shape index (κ2) is 7.52. The molecule has 31 heavy (non-hydrogen) atoms. The number of pyridine rings is 1. The second-order valence-corrected chi connectivity index (χ2v) is 20.6. The van der Waals surface area contributed by atoms with E-state index in [1.807, 2.05) is 6.20 Å². The van der Waals surface area contributed by atoms with E-state index in [0.717, 1.165) is 34.2 Å². The first kappa shape index (κ1) is 20.3. The summed E-state index contributed by atoms with van der Waals surface area (Å²) in [6, 6.07) is 22.0. The van der Waals surface area contributed by atoms with Crippen molar-refractivity contribution in [3.05, 3.63) is 72.4 Å². The molecule has 5 rings (SSSR count). The summed E-state index contributed by atoms with van der Waals surface area (Å²) in [7, 11) is 0.